The second-order valence-electron chi connectivity index (χ2n) is 8.80. The molecule has 0 radical (unpaired) electrons. The summed E-state index contributed by atoms with van der Waals surface area (Å²) in [5.74, 6) is -0.0533. The Morgan fingerprint density at radius 2 is 1.71 bits per heavy atom. The van der Waals surface area contributed by atoms with Gasteiger partial charge in [0.15, 0.2) is 8.32 Å². The van der Waals surface area contributed by atoms with Gasteiger partial charge in [-0.3, -0.25) is 9.69 Å². The predicted molar refractivity (Wildman–Crippen MR) is 110 cm³/mol. The average molecular weight is 407 g/mol. The first-order valence-corrected chi connectivity index (χ1v) is 12.6. The fraction of sp³-hybridized carbons (Fsp3) is 0.600. The molecule has 0 aliphatic carbocycles. The zero-order valence-corrected chi connectivity index (χ0v) is 18.4. The Morgan fingerprint density at radius 1 is 1.11 bits per heavy atom. The van der Waals surface area contributed by atoms with E-state index in [0.29, 0.717) is 26.3 Å². The summed E-state index contributed by atoms with van der Waals surface area (Å²) in [7, 11) is -1.89. The van der Waals surface area contributed by atoms with Crippen molar-refractivity contribution in [3.8, 4) is 0 Å². The van der Waals surface area contributed by atoms with E-state index in [1.807, 2.05) is 24.3 Å². The molecule has 2 amide bonds. The van der Waals surface area contributed by atoms with Crippen LogP contribution in [0.1, 0.15) is 20.8 Å². The van der Waals surface area contributed by atoms with Crippen molar-refractivity contribution in [1.29, 1.82) is 0 Å². The van der Waals surface area contributed by atoms with Gasteiger partial charge in [-0.25, -0.2) is 4.79 Å². The van der Waals surface area contributed by atoms with Crippen molar-refractivity contribution in [2.75, 3.05) is 42.7 Å². The minimum Gasteiger partial charge on any atom is -0.442 e. The quantitative estimate of drug-likeness (QED) is 0.701. The summed E-state index contributed by atoms with van der Waals surface area (Å²) in [6.07, 6.45) is -0.638. The van der Waals surface area contributed by atoms with Gasteiger partial charge in [-0.2, -0.15) is 0 Å². The predicted octanol–water partition coefficient (Wildman–Crippen LogP) is 3.40. The van der Waals surface area contributed by atoms with Crippen LogP contribution in [0.3, 0.4) is 0 Å². The summed E-state index contributed by atoms with van der Waals surface area (Å²) in [6.45, 7) is 13.0. The van der Waals surface area contributed by atoms with E-state index in [1.54, 1.807) is 9.80 Å². The highest BCUT2D eigenvalue weighted by Gasteiger charge is 2.40. The monoisotopic (exact) mass is 406 g/mol. The third kappa shape index (κ3) is 4.39. The smallest absolute Gasteiger partial charge is 0.414 e. The Labute approximate surface area is 167 Å². The number of amides is 2. The van der Waals surface area contributed by atoms with Crippen molar-refractivity contribution >= 4 is 31.7 Å². The normalized spacial score (nSPS) is 21.2. The first-order valence-electron chi connectivity index (χ1n) is 9.69. The third-order valence-electron chi connectivity index (χ3n) is 5.77. The highest BCUT2D eigenvalue weighted by atomic mass is 28.4. The van der Waals surface area contributed by atoms with Gasteiger partial charge in [0, 0.05) is 17.9 Å². The number of carbonyl (C=O) groups excluding carboxylic acids is 2. The number of nitrogens with zero attached hydrogens (tertiary/aromatic N) is 2. The Balaban J connectivity index is 1.61. The molecule has 2 saturated heterocycles. The zero-order chi connectivity index (χ0) is 20.5. The molecule has 1 aromatic rings. The van der Waals surface area contributed by atoms with Crippen molar-refractivity contribution in [3.63, 3.8) is 0 Å². The molecule has 1 aromatic carbocycles. The van der Waals surface area contributed by atoms with E-state index in [4.69, 9.17) is 13.9 Å². The van der Waals surface area contributed by atoms with Crippen LogP contribution in [0.25, 0.3) is 0 Å². The molecule has 0 aromatic heterocycles. The molecule has 2 aliphatic heterocycles. The number of carbonyl (C=O) groups is 2. The van der Waals surface area contributed by atoms with Crippen molar-refractivity contribution in [2.24, 2.45) is 0 Å². The molecule has 2 fully saturated rings. The summed E-state index contributed by atoms with van der Waals surface area (Å²) in [5, 5.41) is 0.113. The molecule has 0 spiro atoms. The van der Waals surface area contributed by atoms with Crippen LogP contribution in [0.5, 0.6) is 0 Å². The molecule has 0 bridgehead atoms. The van der Waals surface area contributed by atoms with Gasteiger partial charge >= 0.3 is 6.09 Å². The lowest BCUT2D eigenvalue weighted by molar-refractivity contribution is -0.125. The lowest BCUT2D eigenvalue weighted by Crippen LogP contribution is -2.43. The van der Waals surface area contributed by atoms with Gasteiger partial charge in [-0.05, 0) is 42.4 Å². The van der Waals surface area contributed by atoms with E-state index in [0.717, 1.165) is 11.4 Å². The van der Waals surface area contributed by atoms with Gasteiger partial charge in [0.05, 0.1) is 19.8 Å². The SMILES string of the molecule is CC(C)(C)[Si](C)(C)OCC1CN(c2ccc(N3CCOCC3=O)cc2)C(=O)O1. The van der Waals surface area contributed by atoms with Gasteiger partial charge in [0.1, 0.15) is 12.7 Å². The standard InChI is InChI=1S/C20H30N2O5Si/c1-20(2,3)28(4,5)26-13-17-12-22(19(24)27-17)16-8-6-15(7-9-16)21-10-11-25-14-18(21)23/h6-9,17H,10-14H2,1-5H3. The van der Waals surface area contributed by atoms with E-state index < -0.39 is 8.32 Å². The topological polar surface area (TPSA) is 68.3 Å². The molecule has 0 saturated carbocycles. The molecular formula is C20H30N2O5Si. The van der Waals surface area contributed by atoms with Gasteiger partial charge in [-0.15, -0.1) is 0 Å². The van der Waals surface area contributed by atoms with Crippen molar-refractivity contribution in [1.82, 2.24) is 0 Å². The van der Waals surface area contributed by atoms with Crippen molar-refractivity contribution in [3.05, 3.63) is 24.3 Å². The maximum Gasteiger partial charge on any atom is 0.414 e. The fourth-order valence-electron chi connectivity index (χ4n) is 2.94. The van der Waals surface area contributed by atoms with Crippen LogP contribution in [-0.2, 0) is 18.7 Å². The molecule has 154 valence electrons. The largest absolute Gasteiger partial charge is 0.442 e. The first-order chi connectivity index (χ1) is 13.1. The maximum atomic E-state index is 12.3. The first kappa shape index (κ1) is 20.8. The van der Waals surface area contributed by atoms with E-state index >= 15 is 0 Å². The van der Waals surface area contributed by atoms with Crippen LogP contribution >= 0.6 is 0 Å². The third-order valence-corrected chi connectivity index (χ3v) is 10.3. The summed E-state index contributed by atoms with van der Waals surface area (Å²) in [5.41, 5.74) is 1.56. The number of ether oxygens (including phenoxy) is 2. The maximum absolute atomic E-state index is 12.3. The van der Waals surface area contributed by atoms with Gasteiger partial charge < -0.3 is 18.8 Å². The Hall–Kier alpha value is -1.90. The number of hydrogen-bond donors (Lipinski definition) is 0. The lowest BCUT2D eigenvalue weighted by atomic mass is 10.2. The number of benzene rings is 1. The van der Waals surface area contributed by atoms with Crippen LogP contribution < -0.4 is 9.80 Å². The molecule has 0 N–H and O–H groups in total. The minimum absolute atomic E-state index is 0.0533. The summed E-state index contributed by atoms with van der Waals surface area (Å²) >= 11 is 0. The van der Waals surface area contributed by atoms with Crippen LogP contribution in [0.15, 0.2) is 24.3 Å². The van der Waals surface area contributed by atoms with Gasteiger partial charge in [0.2, 0.25) is 0 Å². The molecule has 7 nitrogen and oxygen atoms in total. The molecule has 1 unspecified atom stereocenters. The number of anilines is 2. The fourth-order valence-corrected chi connectivity index (χ4v) is 3.98. The summed E-state index contributed by atoms with van der Waals surface area (Å²) in [6, 6.07) is 7.39. The number of morpholine rings is 1. The second kappa shape index (κ2) is 7.85. The number of rotatable bonds is 5. The van der Waals surface area contributed by atoms with Crippen LogP contribution in [-0.4, -0.2) is 59.3 Å². The van der Waals surface area contributed by atoms with Crippen LogP contribution in [0.2, 0.25) is 18.1 Å². The molecule has 2 aliphatic rings. The van der Waals surface area contributed by atoms with E-state index in [1.165, 1.54) is 0 Å². The highest BCUT2D eigenvalue weighted by molar-refractivity contribution is 6.74. The number of cyclic esters (lactones) is 1. The molecule has 8 heteroatoms. The molecule has 3 rings (SSSR count). The zero-order valence-electron chi connectivity index (χ0n) is 17.4. The van der Waals surface area contributed by atoms with Crippen molar-refractivity contribution < 1.29 is 23.5 Å². The van der Waals surface area contributed by atoms with Gasteiger partial charge in [0.25, 0.3) is 5.91 Å². The highest BCUT2D eigenvalue weighted by Crippen LogP contribution is 2.37. The van der Waals surface area contributed by atoms with E-state index in [9.17, 15) is 9.59 Å². The Morgan fingerprint density at radius 3 is 2.29 bits per heavy atom. The number of hydrogen-bond acceptors (Lipinski definition) is 5. The lowest BCUT2D eigenvalue weighted by Gasteiger charge is -2.36. The van der Waals surface area contributed by atoms with Crippen LogP contribution in [0.4, 0.5) is 16.2 Å². The van der Waals surface area contributed by atoms with E-state index in [-0.39, 0.29) is 29.7 Å². The molecule has 28 heavy (non-hydrogen) atoms. The second-order valence-corrected chi connectivity index (χ2v) is 13.6. The minimum atomic E-state index is -1.89. The average Bonchev–Trinajstić information content (AvgIpc) is 3.01. The molecule has 2 heterocycles. The van der Waals surface area contributed by atoms with E-state index in [2.05, 4.69) is 33.9 Å². The summed E-state index contributed by atoms with van der Waals surface area (Å²) < 4.78 is 16.9. The Bertz CT molecular complexity index is 729. The summed E-state index contributed by atoms with van der Waals surface area (Å²) in [4.78, 5) is 27.6. The molecular weight excluding hydrogens is 376 g/mol. The van der Waals surface area contributed by atoms with Crippen LogP contribution in [0, 0.1) is 0 Å². The molecule has 1 atom stereocenters. The van der Waals surface area contributed by atoms with Gasteiger partial charge in [-0.1, -0.05) is 20.8 Å². The van der Waals surface area contributed by atoms with Crippen molar-refractivity contribution in [2.45, 2.75) is 45.0 Å². The Kier molecular flexibility index (Phi) is 5.83.